The maximum absolute atomic E-state index is 12.4. The van der Waals surface area contributed by atoms with Crippen LogP contribution in [0.15, 0.2) is 18.2 Å². The number of carbonyl (C=O) groups excluding carboxylic acids is 1. The monoisotopic (exact) mass is 338 g/mol. The van der Waals surface area contributed by atoms with Gasteiger partial charge in [0.2, 0.25) is 0 Å². The van der Waals surface area contributed by atoms with Crippen LogP contribution in [0, 0.1) is 18.3 Å². The molecule has 0 aromatic heterocycles. The van der Waals surface area contributed by atoms with Crippen molar-refractivity contribution in [1.82, 2.24) is 10.6 Å². The van der Waals surface area contributed by atoms with Crippen LogP contribution in [-0.4, -0.2) is 19.2 Å². The molecule has 4 nitrogen and oxygen atoms in total. The standard InChI is InChI=1S/C18H24F2N2O2/c1-12-2-3-15(24-16(19)20)14(8-12)11-22-17(23)21-10-13-4-5-18(9-13)6-7-18/h2-3,8,13,16H,4-7,9-11H2,1H3,(H2,21,22,23). The summed E-state index contributed by atoms with van der Waals surface area (Å²) in [6.07, 6.45) is 6.38. The molecule has 3 rings (SSSR count). The summed E-state index contributed by atoms with van der Waals surface area (Å²) < 4.78 is 29.4. The van der Waals surface area contributed by atoms with Crippen LogP contribution >= 0.6 is 0 Å². The van der Waals surface area contributed by atoms with Gasteiger partial charge in [0.05, 0.1) is 0 Å². The molecule has 2 aliphatic rings. The molecule has 24 heavy (non-hydrogen) atoms. The van der Waals surface area contributed by atoms with Crippen molar-refractivity contribution in [3.8, 4) is 5.75 Å². The normalized spacial score (nSPS) is 21.1. The Hall–Kier alpha value is -1.85. The summed E-state index contributed by atoms with van der Waals surface area (Å²) >= 11 is 0. The van der Waals surface area contributed by atoms with Crippen molar-refractivity contribution in [2.45, 2.75) is 52.2 Å². The van der Waals surface area contributed by atoms with E-state index in [4.69, 9.17) is 0 Å². The number of hydrogen-bond donors (Lipinski definition) is 2. The summed E-state index contributed by atoms with van der Waals surface area (Å²) in [4.78, 5) is 12.0. The SMILES string of the molecule is Cc1ccc(OC(F)F)c(CNC(=O)NCC2CCC3(CC3)C2)c1. The van der Waals surface area contributed by atoms with Gasteiger partial charge in [-0.15, -0.1) is 0 Å². The Balaban J connectivity index is 1.46. The topological polar surface area (TPSA) is 50.4 Å². The van der Waals surface area contributed by atoms with E-state index in [1.54, 1.807) is 12.1 Å². The van der Waals surface area contributed by atoms with E-state index in [0.29, 0.717) is 23.4 Å². The zero-order valence-corrected chi connectivity index (χ0v) is 13.9. The van der Waals surface area contributed by atoms with E-state index >= 15 is 0 Å². The Kier molecular flexibility index (Phi) is 4.92. The lowest BCUT2D eigenvalue weighted by molar-refractivity contribution is -0.0504. The van der Waals surface area contributed by atoms with E-state index in [1.165, 1.54) is 38.2 Å². The number of aryl methyl sites for hydroxylation is 1. The first-order chi connectivity index (χ1) is 11.5. The fraction of sp³-hybridized carbons (Fsp3) is 0.611. The first-order valence-corrected chi connectivity index (χ1v) is 8.52. The average Bonchev–Trinajstić information content (AvgIpc) is 3.16. The van der Waals surface area contributed by atoms with Gasteiger partial charge in [0.25, 0.3) is 0 Å². The fourth-order valence-electron chi connectivity index (χ4n) is 3.66. The summed E-state index contributed by atoms with van der Waals surface area (Å²) in [6, 6.07) is 4.68. The third-order valence-electron chi connectivity index (χ3n) is 5.18. The number of halogens is 2. The van der Waals surface area contributed by atoms with Crippen LogP contribution in [0.1, 0.15) is 43.2 Å². The maximum atomic E-state index is 12.4. The third kappa shape index (κ3) is 4.36. The van der Waals surface area contributed by atoms with Gasteiger partial charge in [-0.25, -0.2) is 4.79 Å². The molecule has 1 spiro atoms. The quantitative estimate of drug-likeness (QED) is 0.824. The van der Waals surface area contributed by atoms with E-state index < -0.39 is 6.61 Å². The van der Waals surface area contributed by atoms with Crippen molar-refractivity contribution < 1.29 is 18.3 Å². The molecule has 2 aliphatic carbocycles. The molecule has 0 radical (unpaired) electrons. The van der Waals surface area contributed by atoms with Gasteiger partial charge in [-0.05, 0) is 56.4 Å². The number of benzene rings is 1. The summed E-state index contributed by atoms with van der Waals surface area (Å²) in [6.45, 7) is -0.174. The highest BCUT2D eigenvalue weighted by atomic mass is 19.3. The Morgan fingerprint density at radius 2 is 2.12 bits per heavy atom. The second-order valence-corrected chi connectivity index (χ2v) is 7.16. The minimum Gasteiger partial charge on any atom is -0.434 e. The third-order valence-corrected chi connectivity index (χ3v) is 5.18. The predicted molar refractivity (Wildman–Crippen MR) is 87.1 cm³/mol. The lowest BCUT2D eigenvalue weighted by Crippen LogP contribution is -2.37. The molecule has 0 heterocycles. The Labute approximate surface area is 141 Å². The van der Waals surface area contributed by atoms with E-state index in [9.17, 15) is 13.6 Å². The Morgan fingerprint density at radius 1 is 1.33 bits per heavy atom. The van der Waals surface area contributed by atoms with Gasteiger partial charge in [-0.2, -0.15) is 8.78 Å². The minimum atomic E-state index is -2.88. The second-order valence-electron chi connectivity index (χ2n) is 7.16. The Morgan fingerprint density at radius 3 is 2.79 bits per heavy atom. The number of hydrogen-bond acceptors (Lipinski definition) is 2. The van der Waals surface area contributed by atoms with Crippen LogP contribution in [-0.2, 0) is 6.54 Å². The zero-order chi connectivity index (χ0) is 17.2. The number of amides is 2. The molecule has 0 aliphatic heterocycles. The molecule has 2 saturated carbocycles. The molecule has 2 N–H and O–H groups in total. The van der Waals surface area contributed by atoms with Crippen LogP contribution in [0.5, 0.6) is 5.75 Å². The van der Waals surface area contributed by atoms with Crippen molar-refractivity contribution in [3.05, 3.63) is 29.3 Å². The highest BCUT2D eigenvalue weighted by Gasteiger charge is 2.47. The average molecular weight is 338 g/mol. The number of alkyl halides is 2. The Bertz CT molecular complexity index is 603. The number of carbonyl (C=O) groups is 1. The minimum absolute atomic E-state index is 0.0994. The van der Waals surface area contributed by atoms with E-state index in [2.05, 4.69) is 15.4 Å². The maximum Gasteiger partial charge on any atom is 0.387 e. The smallest absolute Gasteiger partial charge is 0.387 e. The van der Waals surface area contributed by atoms with Crippen molar-refractivity contribution in [2.24, 2.45) is 11.3 Å². The van der Waals surface area contributed by atoms with Crippen molar-refractivity contribution in [1.29, 1.82) is 0 Å². The molecule has 2 fully saturated rings. The van der Waals surface area contributed by atoms with Gasteiger partial charge >= 0.3 is 12.6 Å². The lowest BCUT2D eigenvalue weighted by Gasteiger charge is -2.14. The van der Waals surface area contributed by atoms with Crippen LogP contribution in [0.25, 0.3) is 0 Å². The number of ether oxygens (including phenoxy) is 1. The van der Waals surface area contributed by atoms with Gasteiger partial charge in [0, 0.05) is 18.7 Å². The molecule has 1 unspecified atom stereocenters. The molecule has 1 aromatic rings. The summed E-state index contributed by atoms with van der Waals surface area (Å²) in [5.41, 5.74) is 2.07. The van der Waals surface area contributed by atoms with Crippen molar-refractivity contribution >= 4 is 6.03 Å². The summed E-state index contributed by atoms with van der Waals surface area (Å²) in [7, 11) is 0. The molecular formula is C18H24F2N2O2. The van der Waals surface area contributed by atoms with Gasteiger partial charge < -0.3 is 15.4 Å². The van der Waals surface area contributed by atoms with E-state index in [1.807, 2.05) is 6.92 Å². The molecule has 1 atom stereocenters. The molecule has 0 bridgehead atoms. The highest BCUT2D eigenvalue weighted by Crippen LogP contribution is 2.59. The lowest BCUT2D eigenvalue weighted by atomic mass is 10.0. The first kappa shape index (κ1) is 17.0. The van der Waals surface area contributed by atoms with Crippen molar-refractivity contribution in [3.63, 3.8) is 0 Å². The first-order valence-electron chi connectivity index (χ1n) is 8.52. The summed E-state index contributed by atoms with van der Waals surface area (Å²) in [5.74, 6) is 0.664. The zero-order valence-electron chi connectivity index (χ0n) is 13.9. The van der Waals surface area contributed by atoms with Gasteiger partial charge in [0.1, 0.15) is 5.75 Å². The molecular weight excluding hydrogens is 314 g/mol. The molecule has 2 amide bonds. The number of rotatable bonds is 6. The van der Waals surface area contributed by atoms with Crippen LogP contribution in [0.4, 0.5) is 13.6 Å². The number of urea groups is 1. The predicted octanol–water partition coefficient (Wildman–Crippen LogP) is 3.98. The van der Waals surface area contributed by atoms with E-state index in [0.717, 1.165) is 5.56 Å². The summed E-state index contributed by atoms with van der Waals surface area (Å²) in [5, 5.41) is 5.62. The molecule has 132 valence electrons. The van der Waals surface area contributed by atoms with Crippen molar-refractivity contribution in [2.75, 3.05) is 6.54 Å². The highest BCUT2D eigenvalue weighted by molar-refractivity contribution is 5.73. The largest absolute Gasteiger partial charge is 0.434 e. The second kappa shape index (κ2) is 6.95. The van der Waals surface area contributed by atoms with Gasteiger partial charge in [-0.1, -0.05) is 17.7 Å². The molecule has 0 saturated heterocycles. The number of nitrogens with one attached hydrogen (secondary N) is 2. The van der Waals surface area contributed by atoms with Crippen LogP contribution in [0.3, 0.4) is 0 Å². The van der Waals surface area contributed by atoms with Crippen LogP contribution < -0.4 is 15.4 Å². The molecule has 1 aromatic carbocycles. The van der Waals surface area contributed by atoms with E-state index in [-0.39, 0.29) is 18.3 Å². The van der Waals surface area contributed by atoms with Gasteiger partial charge in [0.15, 0.2) is 0 Å². The van der Waals surface area contributed by atoms with Crippen LogP contribution in [0.2, 0.25) is 0 Å². The van der Waals surface area contributed by atoms with Gasteiger partial charge in [-0.3, -0.25) is 0 Å². The fourth-order valence-corrected chi connectivity index (χ4v) is 3.66. The molecule has 6 heteroatoms.